The summed E-state index contributed by atoms with van der Waals surface area (Å²) in [5.74, 6) is 0.762. The van der Waals surface area contributed by atoms with Gasteiger partial charge in [-0.15, -0.1) is 0 Å². The Balaban J connectivity index is 1.39. The van der Waals surface area contributed by atoms with E-state index >= 15 is 0 Å². The summed E-state index contributed by atoms with van der Waals surface area (Å²) in [6, 6.07) is 15.5. The number of hydrogen-bond donors (Lipinski definition) is 1. The van der Waals surface area contributed by atoms with Gasteiger partial charge < -0.3 is 19.4 Å². The number of carbonyl (C=O) groups is 2. The molecular formula is C24H25N3O4. The average molecular weight is 419 g/mol. The van der Waals surface area contributed by atoms with Crippen molar-refractivity contribution in [2.24, 2.45) is 5.92 Å². The first-order chi connectivity index (χ1) is 15.0. The fraction of sp³-hybridized carbons (Fsp3) is 0.292. The van der Waals surface area contributed by atoms with E-state index in [0.29, 0.717) is 24.5 Å². The van der Waals surface area contributed by atoms with Crippen molar-refractivity contribution in [3.8, 4) is 16.9 Å². The molecule has 0 spiro atoms. The molecule has 1 aromatic heterocycles. The fourth-order valence-corrected chi connectivity index (χ4v) is 3.83. The number of piperidine rings is 1. The molecule has 0 bridgehead atoms. The normalized spacial score (nSPS) is 16.1. The van der Waals surface area contributed by atoms with E-state index in [9.17, 15) is 9.59 Å². The highest BCUT2D eigenvalue weighted by molar-refractivity contribution is 5.95. The van der Waals surface area contributed by atoms with Crippen LogP contribution in [0, 0.1) is 12.8 Å². The van der Waals surface area contributed by atoms with Gasteiger partial charge in [-0.3, -0.25) is 9.59 Å². The number of rotatable bonds is 5. The molecule has 1 N–H and O–H groups in total. The van der Waals surface area contributed by atoms with Crippen LogP contribution in [0.4, 0.5) is 5.69 Å². The number of benzene rings is 2. The second kappa shape index (κ2) is 9.04. The largest absolute Gasteiger partial charge is 0.497 e. The van der Waals surface area contributed by atoms with Crippen molar-refractivity contribution in [3.63, 3.8) is 0 Å². The van der Waals surface area contributed by atoms with Crippen LogP contribution in [0.2, 0.25) is 0 Å². The maximum Gasteiger partial charge on any atom is 0.276 e. The summed E-state index contributed by atoms with van der Waals surface area (Å²) >= 11 is 0. The van der Waals surface area contributed by atoms with E-state index in [1.165, 1.54) is 6.39 Å². The lowest BCUT2D eigenvalue weighted by atomic mass is 9.96. The molecule has 2 amide bonds. The zero-order valence-electron chi connectivity index (χ0n) is 17.6. The maximum absolute atomic E-state index is 12.8. The highest BCUT2D eigenvalue weighted by Gasteiger charge is 2.30. The van der Waals surface area contributed by atoms with Crippen LogP contribution in [-0.2, 0) is 4.79 Å². The lowest BCUT2D eigenvalue weighted by Gasteiger charge is -2.31. The number of likely N-dealkylation sites (tertiary alicyclic amines) is 1. The summed E-state index contributed by atoms with van der Waals surface area (Å²) in [5.41, 5.74) is 3.12. The number of aromatic nitrogens is 1. The molecule has 3 aromatic rings. The Morgan fingerprint density at radius 2 is 1.97 bits per heavy atom. The molecule has 0 radical (unpaired) electrons. The Labute approximate surface area is 181 Å². The fourth-order valence-electron chi connectivity index (χ4n) is 3.83. The summed E-state index contributed by atoms with van der Waals surface area (Å²) in [4.78, 5) is 31.2. The summed E-state index contributed by atoms with van der Waals surface area (Å²) in [5, 5.41) is 2.98. The Bertz CT molecular complexity index is 1070. The van der Waals surface area contributed by atoms with Crippen LogP contribution < -0.4 is 10.1 Å². The smallest absolute Gasteiger partial charge is 0.276 e. The minimum Gasteiger partial charge on any atom is -0.497 e. The van der Waals surface area contributed by atoms with Crippen LogP contribution >= 0.6 is 0 Å². The summed E-state index contributed by atoms with van der Waals surface area (Å²) in [6.07, 6.45) is 2.79. The Morgan fingerprint density at radius 1 is 1.16 bits per heavy atom. The van der Waals surface area contributed by atoms with Gasteiger partial charge in [0.1, 0.15) is 11.5 Å². The van der Waals surface area contributed by atoms with E-state index in [2.05, 4.69) is 10.3 Å². The third-order valence-corrected chi connectivity index (χ3v) is 5.58. The highest BCUT2D eigenvalue weighted by atomic mass is 16.5. The Hall–Kier alpha value is -3.61. The van der Waals surface area contributed by atoms with Crippen LogP contribution in [-0.4, -0.2) is 41.9 Å². The Kier molecular flexibility index (Phi) is 6.02. The van der Waals surface area contributed by atoms with E-state index in [-0.39, 0.29) is 17.7 Å². The molecule has 2 heterocycles. The molecule has 7 nitrogen and oxygen atoms in total. The third-order valence-electron chi connectivity index (χ3n) is 5.58. The number of aryl methyl sites for hydroxylation is 1. The first kappa shape index (κ1) is 20.7. The summed E-state index contributed by atoms with van der Waals surface area (Å²) in [6.45, 7) is 2.70. The van der Waals surface area contributed by atoms with E-state index in [1.54, 1.807) is 18.9 Å². The predicted octanol–water partition coefficient (Wildman–Crippen LogP) is 4.15. The number of anilines is 1. The molecule has 1 fully saturated rings. The van der Waals surface area contributed by atoms with E-state index < -0.39 is 0 Å². The highest BCUT2D eigenvalue weighted by Crippen LogP contribution is 2.26. The molecular weight excluding hydrogens is 394 g/mol. The molecule has 1 saturated heterocycles. The third kappa shape index (κ3) is 4.60. The van der Waals surface area contributed by atoms with Gasteiger partial charge in [-0.1, -0.05) is 24.3 Å². The van der Waals surface area contributed by atoms with Gasteiger partial charge in [0.05, 0.1) is 13.0 Å². The second-order valence-corrected chi connectivity index (χ2v) is 7.65. The molecule has 1 aliphatic rings. The molecule has 7 heteroatoms. The van der Waals surface area contributed by atoms with Gasteiger partial charge in [0.2, 0.25) is 5.91 Å². The predicted molar refractivity (Wildman–Crippen MR) is 117 cm³/mol. The van der Waals surface area contributed by atoms with Gasteiger partial charge in [0, 0.05) is 18.8 Å². The van der Waals surface area contributed by atoms with Gasteiger partial charge in [0.25, 0.3) is 5.91 Å². The minimum absolute atomic E-state index is 0.0801. The van der Waals surface area contributed by atoms with Crippen molar-refractivity contribution in [3.05, 3.63) is 66.4 Å². The molecule has 0 aliphatic carbocycles. The average Bonchev–Trinajstić information content (AvgIpc) is 3.25. The van der Waals surface area contributed by atoms with E-state index in [4.69, 9.17) is 9.15 Å². The van der Waals surface area contributed by atoms with Crippen LogP contribution in [0.1, 0.15) is 29.1 Å². The number of nitrogens with zero attached hydrogens (tertiary/aromatic N) is 2. The van der Waals surface area contributed by atoms with Crippen molar-refractivity contribution in [1.29, 1.82) is 0 Å². The molecule has 31 heavy (non-hydrogen) atoms. The SMILES string of the molecule is COc1cccc(-c2ccc(NC(=O)[C@@H]3CCCN(C(=O)c4ncoc4C)C3)cc2)c1. The number of nitrogens with one attached hydrogen (secondary N) is 1. The van der Waals surface area contributed by atoms with Crippen LogP contribution in [0.3, 0.4) is 0 Å². The summed E-state index contributed by atoms with van der Waals surface area (Å²) < 4.78 is 10.4. The van der Waals surface area contributed by atoms with Gasteiger partial charge in [0.15, 0.2) is 12.1 Å². The minimum atomic E-state index is -0.261. The molecule has 1 atom stereocenters. The molecule has 4 rings (SSSR count). The standard InChI is InChI=1S/C24H25N3O4/c1-16-22(25-15-31-16)24(29)27-12-4-6-19(14-27)23(28)26-20-10-8-17(9-11-20)18-5-3-7-21(13-18)30-2/h3,5,7-11,13,15,19H,4,6,12,14H2,1-2H3,(H,26,28)/t19-/m1/s1. The van der Waals surface area contributed by atoms with E-state index in [1.807, 2.05) is 48.5 Å². The van der Waals surface area contributed by atoms with E-state index in [0.717, 1.165) is 35.4 Å². The topological polar surface area (TPSA) is 84.7 Å². The van der Waals surface area contributed by atoms with Crippen LogP contribution in [0.25, 0.3) is 11.1 Å². The van der Waals surface area contributed by atoms with Gasteiger partial charge in [-0.25, -0.2) is 4.98 Å². The Morgan fingerprint density at radius 3 is 2.68 bits per heavy atom. The zero-order chi connectivity index (χ0) is 21.8. The molecule has 160 valence electrons. The van der Waals surface area contributed by atoms with Gasteiger partial charge in [-0.05, 0) is 55.2 Å². The number of hydrogen-bond acceptors (Lipinski definition) is 5. The van der Waals surface area contributed by atoms with Crippen molar-refractivity contribution in [1.82, 2.24) is 9.88 Å². The van der Waals surface area contributed by atoms with Crippen molar-refractivity contribution in [2.75, 3.05) is 25.5 Å². The van der Waals surface area contributed by atoms with Crippen LogP contribution in [0.15, 0.2) is 59.3 Å². The maximum atomic E-state index is 12.8. The first-order valence-corrected chi connectivity index (χ1v) is 10.3. The lowest BCUT2D eigenvalue weighted by molar-refractivity contribution is -0.121. The first-order valence-electron chi connectivity index (χ1n) is 10.3. The second-order valence-electron chi connectivity index (χ2n) is 7.65. The quantitative estimate of drug-likeness (QED) is 0.672. The summed E-state index contributed by atoms with van der Waals surface area (Å²) in [7, 11) is 1.64. The van der Waals surface area contributed by atoms with Crippen LogP contribution in [0.5, 0.6) is 5.75 Å². The van der Waals surface area contributed by atoms with Crippen molar-refractivity contribution >= 4 is 17.5 Å². The number of carbonyl (C=O) groups excluding carboxylic acids is 2. The molecule has 1 aliphatic heterocycles. The number of ether oxygens (including phenoxy) is 1. The van der Waals surface area contributed by atoms with Crippen molar-refractivity contribution in [2.45, 2.75) is 19.8 Å². The number of oxazole rings is 1. The monoisotopic (exact) mass is 419 g/mol. The number of amides is 2. The zero-order valence-corrected chi connectivity index (χ0v) is 17.6. The van der Waals surface area contributed by atoms with Crippen molar-refractivity contribution < 1.29 is 18.7 Å². The number of methoxy groups -OCH3 is 1. The molecule has 2 aromatic carbocycles. The molecule has 0 unspecified atom stereocenters. The van der Waals surface area contributed by atoms with Gasteiger partial charge in [-0.2, -0.15) is 0 Å². The van der Waals surface area contributed by atoms with Gasteiger partial charge >= 0.3 is 0 Å². The lowest BCUT2D eigenvalue weighted by Crippen LogP contribution is -2.44. The molecule has 0 saturated carbocycles.